The zero-order valence-corrected chi connectivity index (χ0v) is 21.1. The zero-order chi connectivity index (χ0) is 24.6. The number of allylic oxidation sites excluding steroid dienone is 2. The lowest BCUT2D eigenvalue weighted by molar-refractivity contribution is -0.135. The van der Waals surface area contributed by atoms with Crippen LogP contribution in [0, 0.1) is 5.92 Å². The van der Waals surface area contributed by atoms with E-state index in [4.69, 9.17) is 4.74 Å². The van der Waals surface area contributed by atoms with E-state index in [0.29, 0.717) is 32.3 Å². The molecule has 2 heterocycles. The van der Waals surface area contributed by atoms with Gasteiger partial charge in [-0.1, -0.05) is 12.7 Å². The summed E-state index contributed by atoms with van der Waals surface area (Å²) >= 11 is 0. The van der Waals surface area contributed by atoms with Crippen LogP contribution in [-0.2, 0) is 19.4 Å². The minimum Gasteiger partial charge on any atom is -0.378 e. The molecule has 4 aliphatic rings. The average Bonchev–Trinajstić information content (AvgIpc) is 3.73. The lowest BCUT2D eigenvalue weighted by Gasteiger charge is -2.39. The Labute approximate surface area is 207 Å². The van der Waals surface area contributed by atoms with Gasteiger partial charge in [0.25, 0.3) is 0 Å². The summed E-state index contributed by atoms with van der Waals surface area (Å²) in [5.74, 6) is 1.04. The second kappa shape index (κ2) is 9.78. The number of amidine groups is 1. The molecule has 1 aromatic rings. The van der Waals surface area contributed by atoms with E-state index >= 15 is 0 Å². The molecule has 0 atom stereocenters. The molecule has 188 valence electrons. The summed E-state index contributed by atoms with van der Waals surface area (Å²) in [4.78, 5) is 21.0. The molecule has 1 amide bonds. The van der Waals surface area contributed by atoms with Crippen LogP contribution in [0.3, 0.4) is 0 Å². The van der Waals surface area contributed by atoms with E-state index in [-0.39, 0.29) is 29.8 Å². The van der Waals surface area contributed by atoms with Gasteiger partial charge in [0.2, 0.25) is 5.91 Å². The number of ether oxygens (including phenoxy) is 1. The molecule has 0 unspecified atom stereocenters. The number of rotatable bonds is 8. The van der Waals surface area contributed by atoms with Gasteiger partial charge in [0.1, 0.15) is 5.25 Å². The number of morpholine rings is 1. The smallest absolute Gasteiger partial charge is 0.225 e. The molecule has 2 saturated heterocycles. The maximum absolute atomic E-state index is 13.6. The van der Waals surface area contributed by atoms with Crippen LogP contribution in [0.2, 0.25) is 0 Å². The Morgan fingerprint density at radius 1 is 1.14 bits per heavy atom. The molecule has 8 nitrogen and oxygen atoms in total. The number of nitrogens with one attached hydrogen (secondary N) is 1. The predicted molar refractivity (Wildman–Crippen MR) is 137 cm³/mol. The number of nitrogens with zero attached hydrogens (tertiary/aromatic N) is 3. The molecule has 35 heavy (non-hydrogen) atoms. The zero-order valence-electron chi connectivity index (χ0n) is 20.3. The Morgan fingerprint density at radius 2 is 1.86 bits per heavy atom. The van der Waals surface area contributed by atoms with Gasteiger partial charge in [0.15, 0.2) is 9.84 Å². The van der Waals surface area contributed by atoms with Gasteiger partial charge in [-0.05, 0) is 61.9 Å². The van der Waals surface area contributed by atoms with Crippen molar-refractivity contribution in [2.24, 2.45) is 10.9 Å². The van der Waals surface area contributed by atoms with Crippen molar-refractivity contribution in [2.75, 3.05) is 44.3 Å². The van der Waals surface area contributed by atoms with Gasteiger partial charge in [-0.2, -0.15) is 0 Å². The van der Waals surface area contributed by atoms with Crippen molar-refractivity contribution in [3.05, 3.63) is 42.6 Å². The first kappa shape index (κ1) is 24.1. The van der Waals surface area contributed by atoms with Crippen LogP contribution < -0.4 is 10.2 Å². The summed E-state index contributed by atoms with van der Waals surface area (Å²) in [6.07, 6.45) is 7.67. The van der Waals surface area contributed by atoms with E-state index in [1.165, 1.54) is 0 Å². The lowest BCUT2D eigenvalue weighted by atomic mass is 10.1. The predicted octanol–water partition coefficient (Wildman–Crippen LogP) is 2.62. The molecule has 0 aromatic heterocycles. The highest BCUT2D eigenvalue weighted by Crippen LogP contribution is 2.35. The fraction of sp³-hybridized carbons (Fsp3) is 0.538. The third-order valence-corrected chi connectivity index (χ3v) is 9.10. The first-order chi connectivity index (χ1) is 16.8. The van der Waals surface area contributed by atoms with Crippen LogP contribution >= 0.6 is 0 Å². The maximum atomic E-state index is 13.6. The first-order valence-corrected chi connectivity index (χ1v) is 14.0. The van der Waals surface area contributed by atoms with E-state index in [1.54, 1.807) is 23.1 Å². The normalized spacial score (nSPS) is 22.1. The molecule has 2 aliphatic carbocycles. The fourth-order valence-corrected chi connectivity index (χ4v) is 6.18. The Kier molecular flexibility index (Phi) is 6.72. The number of anilines is 1. The maximum Gasteiger partial charge on any atom is 0.225 e. The molecular weight excluding hydrogens is 464 g/mol. The first-order valence-electron chi connectivity index (χ1n) is 12.5. The van der Waals surface area contributed by atoms with Gasteiger partial charge in [0, 0.05) is 44.0 Å². The number of amides is 1. The third kappa shape index (κ3) is 5.46. The van der Waals surface area contributed by atoms with Crippen molar-refractivity contribution >= 4 is 32.8 Å². The van der Waals surface area contributed by atoms with Gasteiger partial charge in [0.05, 0.1) is 30.0 Å². The largest absolute Gasteiger partial charge is 0.378 e. The highest BCUT2D eigenvalue weighted by Gasteiger charge is 2.44. The van der Waals surface area contributed by atoms with Crippen molar-refractivity contribution in [2.45, 2.75) is 48.8 Å². The summed E-state index contributed by atoms with van der Waals surface area (Å²) in [7, 11) is -3.60. The number of carbonyl (C=O) groups excluding carboxylic acids is 1. The number of hydrogen-bond acceptors (Lipinski definition) is 6. The van der Waals surface area contributed by atoms with E-state index in [2.05, 4.69) is 21.8 Å². The monoisotopic (exact) mass is 498 g/mol. The fourth-order valence-electron chi connectivity index (χ4n) is 4.47. The molecule has 2 aliphatic heterocycles. The SMILES string of the molecule is C=C/C(=C\NC(C)=NC1CC1)c1cc(N2CCOCC2)cc(S(=O)(=O)C2CN(C(=O)C3CC3)C2)c1. The van der Waals surface area contributed by atoms with Crippen LogP contribution in [0.1, 0.15) is 38.2 Å². The molecular formula is C26H34N4O4S. The van der Waals surface area contributed by atoms with E-state index in [9.17, 15) is 13.2 Å². The second-order valence-corrected chi connectivity index (χ2v) is 12.1. The number of likely N-dealkylation sites (tertiary alicyclic amines) is 1. The van der Waals surface area contributed by atoms with Gasteiger partial charge in [-0.3, -0.25) is 9.79 Å². The van der Waals surface area contributed by atoms with Gasteiger partial charge in [-0.15, -0.1) is 0 Å². The van der Waals surface area contributed by atoms with Gasteiger partial charge < -0.3 is 19.9 Å². The van der Waals surface area contributed by atoms with E-state index in [1.807, 2.05) is 19.2 Å². The summed E-state index contributed by atoms with van der Waals surface area (Å²) in [6.45, 7) is 9.06. The number of carbonyl (C=O) groups is 1. The molecule has 9 heteroatoms. The lowest BCUT2D eigenvalue weighted by Crippen LogP contribution is -2.57. The van der Waals surface area contributed by atoms with E-state index < -0.39 is 15.1 Å². The molecule has 5 rings (SSSR count). The van der Waals surface area contributed by atoms with Gasteiger partial charge >= 0.3 is 0 Å². The van der Waals surface area contributed by atoms with Crippen LogP contribution in [-0.4, -0.2) is 75.7 Å². The molecule has 2 saturated carbocycles. The second-order valence-electron chi connectivity index (χ2n) is 9.89. The van der Waals surface area contributed by atoms with Crippen molar-refractivity contribution < 1.29 is 17.9 Å². The molecule has 0 spiro atoms. The topological polar surface area (TPSA) is 91.3 Å². The minimum atomic E-state index is -3.60. The summed E-state index contributed by atoms with van der Waals surface area (Å²) in [5, 5.41) is 2.66. The van der Waals surface area contributed by atoms with E-state index in [0.717, 1.165) is 48.3 Å². The van der Waals surface area contributed by atoms with Gasteiger partial charge in [-0.25, -0.2) is 8.42 Å². The summed E-state index contributed by atoms with van der Waals surface area (Å²) < 4.78 is 32.7. The molecule has 0 bridgehead atoms. The van der Waals surface area contributed by atoms with Crippen LogP contribution in [0.5, 0.6) is 0 Å². The molecule has 1 N–H and O–H groups in total. The Hall–Kier alpha value is -2.65. The minimum absolute atomic E-state index is 0.102. The highest BCUT2D eigenvalue weighted by atomic mass is 32.2. The quantitative estimate of drug-likeness (QED) is 0.337. The van der Waals surface area contributed by atoms with Crippen molar-refractivity contribution in [1.29, 1.82) is 0 Å². The molecule has 1 aromatic carbocycles. The summed E-state index contributed by atoms with van der Waals surface area (Å²) in [6, 6.07) is 5.92. The number of aliphatic imine (C=N–C) groups is 1. The molecule has 0 radical (unpaired) electrons. The highest BCUT2D eigenvalue weighted by molar-refractivity contribution is 7.92. The van der Waals surface area contributed by atoms with Crippen LogP contribution in [0.25, 0.3) is 5.57 Å². The standard InChI is InChI=1S/C26H34N4O4S/c1-3-19(15-27-18(2)28-22-6-7-22)21-12-23(29-8-10-34-11-9-29)14-24(13-21)35(32,33)25-16-30(17-25)26(31)20-4-5-20/h3,12-15,20,22,25H,1,4-11,16-17H2,2H3,(H,27,28)/b19-15+. The Balaban J connectivity index is 1.42. The van der Waals surface area contributed by atoms with Crippen LogP contribution in [0.4, 0.5) is 5.69 Å². The average molecular weight is 499 g/mol. The third-order valence-electron chi connectivity index (χ3n) is 7.03. The number of hydrogen-bond donors (Lipinski definition) is 1. The number of benzene rings is 1. The van der Waals surface area contributed by atoms with Crippen LogP contribution in [0.15, 0.2) is 46.9 Å². The molecule has 4 fully saturated rings. The Bertz CT molecular complexity index is 1160. The summed E-state index contributed by atoms with van der Waals surface area (Å²) in [5.41, 5.74) is 2.42. The number of sulfone groups is 1. The Morgan fingerprint density at radius 3 is 2.49 bits per heavy atom. The van der Waals surface area contributed by atoms with Crippen molar-refractivity contribution in [1.82, 2.24) is 10.2 Å². The van der Waals surface area contributed by atoms with Crippen molar-refractivity contribution in [3.8, 4) is 0 Å². The van der Waals surface area contributed by atoms with Crippen molar-refractivity contribution in [3.63, 3.8) is 0 Å².